The normalized spacial score (nSPS) is 29.6. The van der Waals surface area contributed by atoms with Gasteiger partial charge in [0.2, 0.25) is 0 Å². The summed E-state index contributed by atoms with van der Waals surface area (Å²) in [6, 6.07) is 11.8. The number of carbonyl (C=O) groups excluding carboxylic acids is 1. The van der Waals surface area contributed by atoms with Gasteiger partial charge in [-0.25, -0.2) is 0 Å². The molecular formula is C16H14O2. The Morgan fingerprint density at radius 3 is 2.78 bits per heavy atom. The van der Waals surface area contributed by atoms with E-state index in [0.29, 0.717) is 6.42 Å². The summed E-state index contributed by atoms with van der Waals surface area (Å²) >= 11 is 0. The Morgan fingerprint density at radius 2 is 1.94 bits per heavy atom. The van der Waals surface area contributed by atoms with Crippen LogP contribution in [0.25, 0.3) is 10.8 Å². The van der Waals surface area contributed by atoms with Gasteiger partial charge in [-0.05, 0) is 35.6 Å². The monoisotopic (exact) mass is 238 g/mol. The van der Waals surface area contributed by atoms with E-state index >= 15 is 0 Å². The maximum atomic E-state index is 12.5. The van der Waals surface area contributed by atoms with Crippen molar-refractivity contribution in [2.45, 2.75) is 24.9 Å². The van der Waals surface area contributed by atoms with E-state index < -0.39 is 5.60 Å². The highest BCUT2D eigenvalue weighted by atomic mass is 16.3. The molecule has 2 aromatic carbocycles. The number of carbonyl (C=O) groups is 1. The van der Waals surface area contributed by atoms with Gasteiger partial charge in [0.25, 0.3) is 0 Å². The highest BCUT2D eigenvalue weighted by molar-refractivity contribution is 6.13. The highest BCUT2D eigenvalue weighted by Gasteiger charge is 2.50. The molecule has 0 saturated heterocycles. The minimum atomic E-state index is -0.926. The van der Waals surface area contributed by atoms with Crippen LogP contribution < -0.4 is 0 Å². The number of rotatable bonds is 0. The van der Waals surface area contributed by atoms with E-state index in [2.05, 4.69) is 0 Å². The fraction of sp³-hybridized carbons (Fsp3) is 0.312. The van der Waals surface area contributed by atoms with Crippen molar-refractivity contribution in [2.24, 2.45) is 5.92 Å². The van der Waals surface area contributed by atoms with Gasteiger partial charge in [0, 0.05) is 5.56 Å². The second-order valence-corrected chi connectivity index (χ2v) is 5.44. The molecule has 18 heavy (non-hydrogen) atoms. The molecule has 0 aromatic heterocycles. The predicted octanol–water partition coefficient (Wildman–Crippen LogP) is 3.02. The molecule has 1 saturated carbocycles. The zero-order valence-electron chi connectivity index (χ0n) is 10.0. The first-order valence-corrected chi connectivity index (χ1v) is 6.50. The molecule has 4 rings (SSSR count). The third-order valence-corrected chi connectivity index (χ3v) is 4.58. The van der Waals surface area contributed by atoms with Gasteiger partial charge >= 0.3 is 0 Å². The number of ketones is 1. The van der Waals surface area contributed by atoms with E-state index in [1.807, 2.05) is 36.4 Å². The number of fused-ring (bicyclic) bond motifs is 2. The number of Topliss-reactive ketones (excluding diaryl/α,β-unsaturated/α-hetero) is 1. The average Bonchev–Trinajstić information content (AvgIpc) is 2.79. The van der Waals surface area contributed by atoms with Crippen molar-refractivity contribution in [3.8, 4) is 0 Å². The topological polar surface area (TPSA) is 37.3 Å². The largest absolute Gasteiger partial charge is 0.384 e. The van der Waals surface area contributed by atoms with Crippen LogP contribution in [0.4, 0.5) is 0 Å². The Morgan fingerprint density at radius 1 is 1.17 bits per heavy atom. The van der Waals surface area contributed by atoms with Gasteiger partial charge < -0.3 is 5.11 Å². The van der Waals surface area contributed by atoms with E-state index in [9.17, 15) is 9.90 Å². The molecule has 0 amide bonds. The molecular weight excluding hydrogens is 224 g/mol. The van der Waals surface area contributed by atoms with Gasteiger partial charge in [-0.2, -0.15) is 0 Å². The zero-order chi connectivity index (χ0) is 12.3. The highest BCUT2D eigenvalue weighted by Crippen LogP contribution is 2.51. The minimum Gasteiger partial charge on any atom is -0.384 e. The summed E-state index contributed by atoms with van der Waals surface area (Å²) < 4.78 is 0. The van der Waals surface area contributed by atoms with Gasteiger partial charge in [0.1, 0.15) is 5.60 Å². The molecule has 2 aromatic rings. The van der Waals surface area contributed by atoms with E-state index in [-0.39, 0.29) is 11.7 Å². The average molecular weight is 238 g/mol. The van der Waals surface area contributed by atoms with Crippen molar-refractivity contribution < 1.29 is 9.90 Å². The first-order chi connectivity index (χ1) is 8.72. The Labute approximate surface area is 105 Å². The Balaban J connectivity index is 2.18. The smallest absolute Gasteiger partial charge is 0.169 e. The van der Waals surface area contributed by atoms with Gasteiger partial charge in [-0.1, -0.05) is 36.4 Å². The van der Waals surface area contributed by atoms with E-state index in [1.54, 1.807) is 0 Å². The molecule has 0 heterocycles. The maximum absolute atomic E-state index is 12.5. The van der Waals surface area contributed by atoms with Crippen molar-refractivity contribution in [1.82, 2.24) is 0 Å². The summed E-state index contributed by atoms with van der Waals surface area (Å²) in [6.45, 7) is 0. The van der Waals surface area contributed by atoms with Crippen molar-refractivity contribution in [3.05, 3.63) is 47.5 Å². The molecule has 2 aliphatic rings. The lowest BCUT2D eigenvalue weighted by Crippen LogP contribution is -2.39. The SMILES string of the molecule is O=C1c2cccc3cccc(c23)[C@]2(O)CCC[C@H]12. The van der Waals surface area contributed by atoms with Gasteiger partial charge in [0.15, 0.2) is 5.78 Å². The predicted molar refractivity (Wildman–Crippen MR) is 69.5 cm³/mol. The van der Waals surface area contributed by atoms with E-state index in [0.717, 1.165) is 34.7 Å². The van der Waals surface area contributed by atoms with Crippen molar-refractivity contribution >= 4 is 16.6 Å². The first kappa shape index (κ1) is 10.3. The second kappa shape index (κ2) is 3.21. The molecule has 0 unspecified atom stereocenters. The quantitative estimate of drug-likeness (QED) is 0.766. The molecule has 0 aliphatic heterocycles. The number of benzene rings is 2. The summed E-state index contributed by atoms with van der Waals surface area (Å²) in [5.41, 5.74) is 0.822. The lowest BCUT2D eigenvalue weighted by molar-refractivity contribution is 0.00232. The zero-order valence-corrected chi connectivity index (χ0v) is 10.0. The summed E-state index contributed by atoms with van der Waals surface area (Å²) in [7, 11) is 0. The summed E-state index contributed by atoms with van der Waals surface area (Å²) in [5.74, 6) is -0.114. The lowest BCUT2D eigenvalue weighted by Gasteiger charge is -2.35. The third kappa shape index (κ3) is 1.05. The van der Waals surface area contributed by atoms with Crippen LogP contribution in [0.5, 0.6) is 0 Å². The van der Waals surface area contributed by atoms with E-state index in [1.165, 1.54) is 0 Å². The van der Waals surface area contributed by atoms with Crippen LogP contribution in [0.1, 0.15) is 35.2 Å². The molecule has 1 fully saturated rings. The van der Waals surface area contributed by atoms with Crippen LogP contribution in [0.3, 0.4) is 0 Å². The second-order valence-electron chi connectivity index (χ2n) is 5.44. The summed E-state index contributed by atoms with van der Waals surface area (Å²) in [6.07, 6.45) is 2.44. The summed E-state index contributed by atoms with van der Waals surface area (Å²) in [5, 5.41) is 12.9. The maximum Gasteiger partial charge on any atom is 0.169 e. The third-order valence-electron chi connectivity index (χ3n) is 4.58. The molecule has 90 valence electrons. The molecule has 2 atom stereocenters. The molecule has 0 spiro atoms. The van der Waals surface area contributed by atoms with Gasteiger partial charge in [-0.15, -0.1) is 0 Å². The number of aliphatic hydroxyl groups is 1. The van der Waals surface area contributed by atoms with Crippen LogP contribution in [0, 0.1) is 5.92 Å². The van der Waals surface area contributed by atoms with Crippen molar-refractivity contribution in [1.29, 1.82) is 0 Å². The molecule has 0 bridgehead atoms. The summed E-state index contributed by atoms with van der Waals surface area (Å²) in [4.78, 5) is 12.5. The van der Waals surface area contributed by atoms with Crippen LogP contribution >= 0.6 is 0 Å². The molecule has 0 radical (unpaired) electrons. The fourth-order valence-electron chi connectivity index (χ4n) is 3.75. The van der Waals surface area contributed by atoms with Crippen LogP contribution in [-0.2, 0) is 5.60 Å². The van der Waals surface area contributed by atoms with Crippen molar-refractivity contribution in [3.63, 3.8) is 0 Å². The Kier molecular flexibility index (Phi) is 1.83. The first-order valence-electron chi connectivity index (χ1n) is 6.50. The van der Waals surface area contributed by atoms with E-state index in [4.69, 9.17) is 0 Å². The van der Waals surface area contributed by atoms with Crippen LogP contribution in [-0.4, -0.2) is 10.9 Å². The Bertz CT molecular complexity index is 669. The lowest BCUT2D eigenvalue weighted by atomic mass is 9.72. The minimum absolute atomic E-state index is 0.124. The van der Waals surface area contributed by atoms with Crippen LogP contribution in [0.2, 0.25) is 0 Å². The molecule has 1 N–H and O–H groups in total. The number of hydrogen-bond acceptors (Lipinski definition) is 2. The number of hydrogen-bond donors (Lipinski definition) is 1. The Hall–Kier alpha value is -1.67. The van der Waals surface area contributed by atoms with Gasteiger partial charge in [0.05, 0.1) is 5.92 Å². The van der Waals surface area contributed by atoms with Gasteiger partial charge in [-0.3, -0.25) is 4.79 Å². The van der Waals surface area contributed by atoms with Crippen molar-refractivity contribution in [2.75, 3.05) is 0 Å². The van der Waals surface area contributed by atoms with Crippen LogP contribution in [0.15, 0.2) is 36.4 Å². The fourth-order valence-corrected chi connectivity index (χ4v) is 3.75. The molecule has 2 heteroatoms. The molecule has 2 aliphatic carbocycles. The standard InChI is InChI=1S/C16H14O2/c17-15-11-6-1-4-10-5-2-7-12(14(10)11)16(18)9-3-8-13(15)16/h1-2,4-7,13,18H,3,8-9H2/t13-,16-/m1/s1. The molecule has 2 nitrogen and oxygen atoms in total.